The minimum atomic E-state index is 0.125. The van der Waals surface area contributed by atoms with Crippen LogP contribution in [0, 0.1) is 0 Å². The number of nitrogens with zero attached hydrogens (tertiary/aromatic N) is 1. The number of halogens is 2. The summed E-state index contributed by atoms with van der Waals surface area (Å²) in [4.78, 5) is 5.76. The maximum absolute atomic E-state index is 6.16. The van der Waals surface area contributed by atoms with Crippen molar-refractivity contribution >= 4 is 34.5 Å². The lowest BCUT2D eigenvalue weighted by molar-refractivity contribution is 0.585. The van der Waals surface area contributed by atoms with Gasteiger partial charge in [0.2, 0.25) is 0 Å². The molecule has 21 heavy (non-hydrogen) atoms. The van der Waals surface area contributed by atoms with Crippen LogP contribution in [0.15, 0.2) is 24.4 Å². The van der Waals surface area contributed by atoms with Crippen molar-refractivity contribution < 1.29 is 0 Å². The van der Waals surface area contributed by atoms with Crippen molar-refractivity contribution in [2.24, 2.45) is 0 Å². The zero-order valence-corrected chi connectivity index (χ0v) is 14.9. The Morgan fingerprint density at radius 1 is 1.24 bits per heavy atom. The molecule has 0 saturated carbocycles. The van der Waals surface area contributed by atoms with Gasteiger partial charge in [0.15, 0.2) is 0 Å². The van der Waals surface area contributed by atoms with Crippen molar-refractivity contribution in [3.63, 3.8) is 0 Å². The molecule has 0 aliphatic carbocycles. The van der Waals surface area contributed by atoms with Crippen LogP contribution < -0.4 is 5.32 Å². The molecule has 1 N–H and O–H groups in total. The normalized spacial score (nSPS) is 11.9. The largest absolute Gasteiger partial charge is 0.311 e. The van der Waals surface area contributed by atoms with Crippen LogP contribution in [-0.2, 0) is 18.4 Å². The van der Waals surface area contributed by atoms with Gasteiger partial charge in [-0.2, -0.15) is 0 Å². The average molecular weight is 343 g/mol. The van der Waals surface area contributed by atoms with Crippen LogP contribution in [0.4, 0.5) is 0 Å². The molecule has 0 saturated heterocycles. The minimum Gasteiger partial charge on any atom is -0.311 e. The number of benzene rings is 1. The van der Waals surface area contributed by atoms with E-state index in [1.807, 2.05) is 18.3 Å². The van der Waals surface area contributed by atoms with Crippen molar-refractivity contribution in [1.29, 1.82) is 0 Å². The molecule has 0 spiro atoms. The molecule has 1 aromatic heterocycles. The van der Waals surface area contributed by atoms with Gasteiger partial charge in [0.25, 0.3) is 0 Å². The Balaban J connectivity index is 1.81. The number of rotatable bonds is 5. The Kier molecular flexibility index (Phi) is 5.67. The Morgan fingerprint density at radius 2 is 2.00 bits per heavy atom. The standard InChI is InChI=1S/C16H20Cl2N2S/c1-16(2,3)15-20-10-13(21-15)9-19-7-6-11-4-5-12(17)8-14(11)18/h4-5,8,10,19H,6-7,9H2,1-3H3. The fourth-order valence-corrected chi connectivity index (χ4v) is 3.34. The number of nitrogens with one attached hydrogen (secondary N) is 1. The van der Waals surface area contributed by atoms with Crippen LogP contribution in [0.2, 0.25) is 10.0 Å². The smallest absolute Gasteiger partial charge is 0.0981 e. The summed E-state index contributed by atoms with van der Waals surface area (Å²) in [5.74, 6) is 0. The predicted octanol–water partition coefficient (Wildman–Crippen LogP) is 5.08. The lowest BCUT2D eigenvalue weighted by atomic mass is 9.98. The van der Waals surface area contributed by atoms with Gasteiger partial charge in [-0.15, -0.1) is 11.3 Å². The minimum absolute atomic E-state index is 0.125. The number of aromatic nitrogens is 1. The van der Waals surface area contributed by atoms with Crippen molar-refractivity contribution in [3.05, 3.63) is 49.9 Å². The third kappa shape index (κ3) is 4.96. The first-order valence-electron chi connectivity index (χ1n) is 6.96. The Morgan fingerprint density at radius 3 is 2.62 bits per heavy atom. The molecule has 0 unspecified atom stereocenters. The first kappa shape index (κ1) is 16.8. The molecule has 0 aliphatic rings. The van der Waals surface area contributed by atoms with E-state index >= 15 is 0 Å². The molecule has 0 bridgehead atoms. The van der Waals surface area contributed by atoms with Crippen molar-refractivity contribution in [3.8, 4) is 0 Å². The first-order valence-corrected chi connectivity index (χ1v) is 8.53. The Labute approximate surface area is 140 Å². The molecule has 0 aliphatic heterocycles. The highest BCUT2D eigenvalue weighted by Gasteiger charge is 2.17. The van der Waals surface area contributed by atoms with E-state index in [-0.39, 0.29) is 5.41 Å². The van der Waals surface area contributed by atoms with Crippen molar-refractivity contribution in [2.45, 2.75) is 39.2 Å². The van der Waals surface area contributed by atoms with Crippen LogP contribution in [0.25, 0.3) is 0 Å². The van der Waals surface area contributed by atoms with Crippen molar-refractivity contribution in [1.82, 2.24) is 10.3 Å². The van der Waals surface area contributed by atoms with Gasteiger partial charge in [-0.05, 0) is 30.7 Å². The SMILES string of the molecule is CC(C)(C)c1ncc(CNCCc2ccc(Cl)cc2Cl)s1. The topological polar surface area (TPSA) is 24.9 Å². The van der Waals surface area contributed by atoms with Crippen LogP contribution in [0.3, 0.4) is 0 Å². The molecule has 0 amide bonds. The van der Waals surface area contributed by atoms with Crippen LogP contribution in [0.5, 0.6) is 0 Å². The summed E-state index contributed by atoms with van der Waals surface area (Å²) in [5.41, 5.74) is 1.24. The van der Waals surface area contributed by atoms with Crippen molar-refractivity contribution in [2.75, 3.05) is 6.54 Å². The zero-order chi connectivity index (χ0) is 15.5. The fourth-order valence-electron chi connectivity index (χ4n) is 1.90. The molecule has 2 aromatic rings. The molecular formula is C16H20Cl2N2S. The molecule has 1 heterocycles. The zero-order valence-electron chi connectivity index (χ0n) is 12.5. The maximum atomic E-state index is 6.16. The van der Waals surface area contributed by atoms with E-state index < -0.39 is 0 Å². The monoisotopic (exact) mass is 342 g/mol. The highest BCUT2D eigenvalue weighted by Crippen LogP contribution is 2.26. The lowest BCUT2D eigenvalue weighted by Crippen LogP contribution is -2.16. The van der Waals surface area contributed by atoms with Gasteiger partial charge < -0.3 is 5.32 Å². The van der Waals surface area contributed by atoms with Gasteiger partial charge in [-0.25, -0.2) is 4.98 Å². The van der Waals surface area contributed by atoms with Gasteiger partial charge in [-0.3, -0.25) is 0 Å². The maximum Gasteiger partial charge on any atom is 0.0981 e. The molecule has 0 atom stereocenters. The van der Waals surface area contributed by atoms with E-state index in [9.17, 15) is 0 Å². The quantitative estimate of drug-likeness (QED) is 0.766. The molecular weight excluding hydrogens is 323 g/mol. The van der Waals surface area contributed by atoms with Crippen LogP contribution in [0.1, 0.15) is 36.2 Å². The molecule has 2 nitrogen and oxygen atoms in total. The van der Waals surface area contributed by atoms with Crippen LogP contribution in [-0.4, -0.2) is 11.5 Å². The van der Waals surface area contributed by atoms with Gasteiger partial charge in [0.1, 0.15) is 0 Å². The molecule has 0 radical (unpaired) electrons. The molecule has 5 heteroatoms. The summed E-state index contributed by atoms with van der Waals surface area (Å²) in [6.45, 7) is 8.28. The predicted molar refractivity (Wildman–Crippen MR) is 92.7 cm³/mol. The number of hydrogen-bond donors (Lipinski definition) is 1. The molecule has 2 rings (SSSR count). The van der Waals surface area contributed by atoms with E-state index in [2.05, 4.69) is 31.1 Å². The second-order valence-electron chi connectivity index (χ2n) is 6.04. The van der Waals surface area contributed by atoms with Gasteiger partial charge >= 0.3 is 0 Å². The molecule has 1 aromatic carbocycles. The summed E-state index contributed by atoms with van der Waals surface area (Å²) in [6, 6.07) is 5.65. The van der Waals surface area contributed by atoms with Crippen LogP contribution >= 0.6 is 34.5 Å². The summed E-state index contributed by atoms with van der Waals surface area (Å²) in [7, 11) is 0. The third-order valence-electron chi connectivity index (χ3n) is 3.08. The van der Waals surface area contributed by atoms with E-state index in [1.165, 1.54) is 9.88 Å². The highest BCUT2D eigenvalue weighted by atomic mass is 35.5. The number of thiazole rings is 1. The van der Waals surface area contributed by atoms with Gasteiger partial charge in [-0.1, -0.05) is 50.0 Å². The summed E-state index contributed by atoms with van der Waals surface area (Å²) in [6.07, 6.45) is 2.86. The summed E-state index contributed by atoms with van der Waals surface area (Å²) < 4.78 is 0. The highest BCUT2D eigenvalue weighted by molar-refractivity contribution is 7.11. The van der Waals surface area contributed by atoms with Gasteiger partial charge in [0.05, 0.1) is 5.01 Å². The van der Waals surface area contributed by atoms with E-state index in [0.717, 1.165) is 30.1 Å². The molecule has 114 valence electrons. The first-order chi connectivity index (χ1) is 9.86. The van der Waals surface area contributed by atoms with E-state index in [0.29, 0.717) is 5.02 Å². The van der Waals surface area contributed by atoms with Gasteiger partial charge in [0, 0.05) is 33.1 Å². The third-order valence-corrected chi connectivity index (χ3v) is 5.09. The average Bonchev–Trinajstić information content (AvgIpc) is 2.85. The summed E-state index contributed by atoms with van der Waals surface area (Å²) in [5, 5.41) is 6.03. The second kappa shape index (κ2) is 7.10. The fraction of sp³-hybridized carbons (Fsp3) is 0.438. The lowest BCUT2D eigenvalue weighted by Gasteiger charge is -2.13. The Bertz CT molecular complexity index is 603. The Hall–Kier alpha value is -0.610. The number of hydrogen-bond acceptors (Lipinski definition) is 3. The van der Waals surface area contributed by atoms with E-state index in [1.54, 1.807) is 17.4 Å². The van der Waals surface area contributed by atoms with E-state index in [4.69, 9.17) is 23.2 Å². The second-order valence-corrected chi connectivity index (χ2v) is 8.00. The molecule has 0 fully saturated rings. The summed E-state index contributed by atoms with van der Waals surface area (Å²) >= 11 is 13.8.